The SMILES string of the molecule is Cl.O=C(NCCS(=O)(=O)N1CCN(Cc2ccccc2)CC1)c1c(F)cccc1F. The van der Waals surface area contributed by atoms with E-state index in [1.54, 1.807) is 0 Å². The van der Waals surface area contributed by atoms with E-state index in [0.717, 1.165) is 24.7 Å². The Morgan fingerprint density at radius 2 is 1.53 bits per heavy atom. The van der Waals surface area contributed by atoms with Gasteiger partial charge in [-0.2, -0.15) is 4.31 Å². The van der Waals surface area contributed by atoms with Crippen molar-refractivity contribution in [2.75, 3.05) is 38.5 Å². The van der Waals surface area contributed by atoms with Crippen molar-refractivity contribution in [3.05, 3.63) is 71.3 Å². The van der Waals surface area contributed by atoms with Crippen LogP contribution in [0, 0.1) is 11.6 Å². The molecule has 0 bridgehead atoms. The second kappa shape index (κ2) is 10.8. The molecule has 3 rings (SSSR count). The molecule has 1 heterocycles. The van der Waals surface area contributed by atoms with Crippen molar-refractivity contribution in [1.29, 1.82) is 0 Å². The van der Waals surface area contributed by atoms with Gasteiger partial charge in [0.15, 0.2) is 0 Å². The fraction of sp³-hybridized carbons (Fsp3) is 0.350. The van der Waals surface area contributed by atoms with Gasteiger partial charge in [0.25, 0.3) is 5.91 Å². The van der Waals surface area contributed by atoms with Crippen LogP contribution in [0.15, 0.2) is 48.5 Å². The molecule has 1 aliphatic heterocycles. The van der Waals surface area contributed by atoms with Crippen LogP contribution in [0.1, 0.15) is 15.9 Å². The van der Waals surface area contributed by atoms with Gasteiger partial charge in [-0.05, 0) is 17.7 Å². The van der Waals surface area contributed by atoms with Gasteiger partial charge in [0.2, 0.25) is 10.0 Å². The molecule has 0 saturated carbocycles. The van der Waals surface area contributed by atoms with Crippen molar-refractivity contribution >= 4 is 28.3 Å². The first kappa shape index (κ1) is 24.2. The van der Waals surface area contributed by atoms with Crippen molar-refractivity contribution in [3.63, 3.8) is 0 Å². The van der Waals surface area contributed by atoms with Gasteiger partial charge in [0.05, 0.1) is 5.75 Å². The zero-order valence-corrected chi connectivity index (χ0v) is 17.9. The number of sulfonamides is 1. The summed E-state index contributed by atoms with van der Waals surface area (Å²) in [4.78, 5) is 14.1. The van der Waals surface area contributed by atoms with Crippen LogP contribution in [0.5, 0.6) is 0 Å². The number of carbonyl (C=O) groups excluding carboxylic acids is 1. The highest BCUT2D eigenvalue weighted by Gasteiger charge is 2.27. The number of nitrogens with zero attached hydrogens (tertiary/aromatic N) is 2. The lowest BCUT2D eigenvalue weighted by Crippen LogP contribution is -2.49. The molecule has 0 aliphatic carbocycles. The van der Waals surface area contributed by atoms with Gasteiger partial charge in [-0.3, -0.25) is 9.69 Å². The number of rotatable bonds is 7. The van der Waals surface area contributed by atoms with Crippen molar-refractivity contribution in [3.8, 4) is 0 Å². The van der Waals surface area contributed by atoms with Gasteiger partial charge in [-0.25, -0.2) is 17.2 Å². The average molecular weight is 460 g/mol. The number of hydrogen-bond acceptors (Lipinski definition) is 4. The highest BCUT2D eigenvalue weighted by molar-refractivity contribution is 7.89. The van der Waals surface area contributed by atoms with Crippen LogP contribution >= 0.6 is 12.4 Å². The van der Waals surface area contributed by atoms with Gasteiger partial charge in [0.1, 0.15) is 17.2 Å². The van der Waals surface area contributed by atoms with Crippen LogP contribution in [0.25, 0.3) is 0 Å². The molecule has 0 radical (unpaired) electrons. The highest BCUT2D eigenvalue weighted by Crippen LogP contribution is 2.13. The van der Waals surface area contributed by atoms with E-state index in [0.29, 0.717) is 26.2 Å². The summed E-state index contributed by atoms with van der Waals surface area (Å²) in [6.45, 7) is 2.50. The zero-order valence-electron chi connectivity index (χ0n) is 16.3. The van der Waals surface area contributed by atoms with Gasteiger partial charge in [-0.1, -0.05) is 36.4 Å². The normalized spacial score (nSPS) is 15.4. The lowest BCUT2D eigenvalue weighted by Gasteiger charge is -2.34. The Hall–Kier alpha value is -2.07. The van der Waals surface area contributed by atoms with Gasteiger partial charge in [-0.15, -0.1) is 12.4 Å². The Morgan fingerprint density at radius 3 is 2.13 bits per heavy atom. The molecule has 0 spiro atoms. The fourth-order valence-corrected chi connectivity index (χ4v) is 4.57. The van der Waals surface area contributed by atoms with Crippen molar-refractivity contribution in [2.24, 2.45) is 0 Å². The second-order valence-electron chi connectivity index (χ2n) is 6.83. The van der Waals surface area contributed by atoms with E-state index >= 15 is 0 Å². The molecular weight excluding hydrogens is 436 g/mol. The molecule has 2 aromatic carbocycles. The maximum atomic E-state index is 13.6. The Kier molecular flexibility index (Phi) is 8.72. The number of hydrogen-bond donors (Lipinski definition) is 1. The summed E-state index contributed by atoms with van der Waals surface area (Å²) < 4.78 is 53.6. The maximum absolute atomic E-state index is 13.6. The predicted octanol–water partition coefficient (Wildman–Crippen LogP) is 2.26. The highest BCUT2D eigenvalue weighted by atomic mass is 35.5. The third kappa shape index (κ3) is 6.21. The van der Waals surface area contributed by atoms with Crippen LogP contribution in [-0.4, -0.2) is 62.0 Å². The molecule has 1 N–H and O–H groups in total. The molecule has 164 valence electrons. The molecule has 1 fully saturated rings. The molecule has 30 heavy (non-hydrogen) atoms. The lowest BCUT2D eigenvalue weighted by atomic mass is 10.2. The summed E-state index contributed by atoms with van der Waals surface area (Å²) in [6.07, 6.45) is 0. The molecule has 2 aromatic rings. The van der Waals surface area contributed by atoms with Crippen LogP contribution in [0.2, 0.25) is 0 Å². The number of halogens is 3. The first-order valence-electron chi connectivity index (χ1n) is 9.33. The summed E-state index contributed by atoms with van der Waals surface area (Å²) in [5.41, 5.74) is 0.464. The van der Waals surface area contributed by atoms with Crippen molar-refractivity contribution in [1.82, 2.24) is 14.5 Å². The predicted molar refractivity (Wildman–Crippen MR) is 113 cm³/mol. The lowest BCUT2D eigenvalue weighted by molar-refractivity contribution is 0.0947. The van der Waals surface area contributed by atoms with Crippen LogP contribution in [-0.2, 0) is 16.6 Å². The molecule has 10 heteroatoms. The van der Waals surface area contributed by atoms with E-state index in [-0.39, 0.29) is 24.7 Å². The maximum Gasteiger partial charge on any atom is 0.257 e. The molecule has 1 aliphatic rings. The number of benzene rings is 2. The fourth-order valence-electron chi connectivity index (χ4n) is 3.23. The minimum atomic E-state index is -3.57. The van der Waals surface area contributed by atoms with Crippen molar-refractivity contribution < 1.29 is 22.0 Å². The first-order chi connectivity index (χ1) is 13.9. The van der Waals surface area contributed by atoms with Crippen LogP contribution < -0.4 is 5.32 Å². The Labute approximate surface area is 181 Å². The summed E-state index contributed by atoms with van der Waals surface area (Å²) in [6, 6.07) is 13.1. The van der Waals surface area contributed by atoms with Crippen LogP contribution in [0.3, 0.4) is 0 Å². The number of nitrogens with one attached hydrogen (secondary N) is 1. The minimum absolute atomic E-state index is 0. The monoisotopic (exact) mass is 459 g/mol. The Morgan fingerprint density at radius 1 is 0.933 bits per heavy atom. The minimum Gasteiger partial charge on any atom is -0.351 e. The molecular formula is C20H24ClF2N3O3S. The number of piperazine rings is 1. The van der Waals surface area contributed by atoms with Gasteiger partial charge < -0.3 is 5.32 Å². The second-order valence-corrected chi connectivity index (χ2v) is 8.92. The number of carbonyl (C=O) groups is 1. The Balaban J connectivity index is 0.00000320. The quantitative estimate of drug-likeness (QED) is 0.689. The summed E-state index contributed by atoms with van der Waals surface area (Å²) in [5, 5.41) is 2.28. The topological polar surface area (TPSA) is 69.7 Å². The molecule has 0 aromatic heterocycles. The van der Waals surface area contributed by atoms with Gasteiger partial charge in [0, 0.05) is 39.3 Å². The standard InChI is InChI=1S/C20H23F2N3O3S.ClH/c21-17-7-4-8-18(22)19(17)20(26)23-9-14-29(27,28)25-12-10-24(11-13-25)15-16-5-2-1-3-6-16;/h1-8H,9-15H2,(H,23,26);1H. The van der Waals surface area contributed by atoms with Crippen molar-refractivity contribution in [2.45, 2.75) is 6.54 Å². The summed E-state index contributed by atoms with van der Waals surface area (Å²) in [5.74, 6) is -3.27. The number of amides is 1. The Bertz CT molecular complexity index is 933. The average Bonchev–Trinajstić information content (AvgIpc) is 2.69. The molecule has 1 amide bonds. The van der Waals surface area contributed by atoms with E-state index in [1.807, 2.05) is 30.3 Å². The molecule has 0 atom stereocenters. The van der Waals surface area contributed by atoms with E-state index in [1.165, 1.54) is 9.87 Å². The smallest absolute Gasteiger partial charge is 0.257 e. The summed E-state index contributed by atoms with van der Waals surface area (Å²) >= 11 is 0. The third-order valence-corrected chi connectivity index (χ3v) is 6.68. The van der Waals surface area contributed by atoms with E-state index in [9.17, 15) is 22.0 Å². The van der Waals surface area contributed by atoms with E-state index in [2.05, 4.69) is 10.2 Å². The largest absolute Gasteiger partial charge is 0.351 e. The summed E-state index contributed by atoms with van der Waals surface area (Å²) in [7, 11) is -3.57. The van der Waals surface area contributed by atoms with Gasteiger partial charge >= 0.3 is 0 Å². The molecule has 1 saturated heterocycles. The van der Waals surface area contributed by atoms with E-state index in [4.69, 9.17) is 0 Å². The molecule has 0 unspecified atom stereocenters. The van der Waals surface area contributed by atoms with E-state index < -0.39 is 33.1 Å². The first-order valence-corrected chi connectivity index (χ1v) is 10.9. The zero-order chi connectivity index (χ0) is 20.9. The molecule has 6 nitrogen and oxygen atoms in total. The third-order valence-electron chi connectivity index (χ3n) is 4.81. The van der Waals surface area contributed by atoms with Crippen LogP contribution in [0.4, 0.5) is 8.78 Å².